The van der Waals surface area contributed by atoms with Gasteiger partial charge in [-0.1, -0.05) is 212 Å². The third kappa shape index (κ3) is 6.47. The van der Waals surface area contributed by atoms with Gasteiger partial charge in [-0.25, -0.2) is 0 Å². The molecule has 0 fully saturated rings. The second kappa shape index (κ2) is 15.8. The molecule has 0 amide bonds. The minimum absolute atomic E-state index is 0.264. The number of rotatable bonds is 8. The maximum Gasteiger partial charge on any atom is 0.0468 e. The zero-order valence-corrected chi connectivity index (χ0v) is 36.2. The van der Waals surface area contributed by atoms with Gasteiger partial charge < -0.3 is 4.90 Å². The molecule has 0 saturated carbocycles. The highest BCUT2D eigenvalue weighted by molar-refractivity contribution is 6.22. The molecule has 1 atom stereocenters. The van der Waals surface area contributed by atoms with Crippen LogP contribution in [-0.2, 0) is 5.41 Å². The van der Waals surface area contributed by atoms with Gasteiger partial charge in [-0.3, -0.25) is 0 Å². The molecule has 0 saturated heterocycles. The highest BCUT2D eigenvalue weighted by atomic mass is 15.1. The molecule has 1 unspecified atom stereocenters. The number of anilines is 3. The number of fused-ring (bicyclic) bond motifs is 6. The first kappa shape index (κ1) is 38.4. The van der Waals surface area contributed by atoms with Crippen LogP contribution in [0.4, 0.5) is 17.1 Å². The van der Waals surface area contributed by atoms with Gasteiger partial charge in [0.25, 0.3) is 0 Å². The number of nitrogens with zero attached hydrogens (tertiary/aromatic N) is 1. The van der Waals surface area contributed by atoms with Crippen molar-refractivity contribution in [2.75, 3.05) is 4.90 Å². The van der Waals surface area contributed by atoms with E-state index in [-0.39, 0.29) is 5.41 Å². The van der Waals surface area contributed by atoms with Crippen molar-refractivity contribution in [2.45, 2.75) is 12.3 Å². The maximum atomic E-state index is 2.42. The Kier molecular flexibility index (Phi) is 9.35. The Bertz CT molecular complexity index is 3520. The predicted molar refractivity (Wildman–Crippen MR) is 275 cm³/mol. The van der Waals surface area contributed by atoms with Gasteiger partial charge in [-0.2, -0.15) is 0 Å². The molecule has 11 aromatic carbocycles. The van der Waals surface area contributed by atoms with Crippen LogP contribution in [0.25, 0.3) is 77.2 Å². The summed E-state index contributed by atoms with van der Waals surface area (Å²) in [4.78, 5) is 2.42. The van der Waals surface area contributed by atoms with Crippen LogP contribution in [0.15, 0.2) is 255 Å². The van der Waals surface area contributed by atoms with E-state index >= 15 is 0 Å². The molecule has 0 aromatic heterocycles. The van der Waals surface area contributed by atoms with E-state index in [2.05, 4.69) is 267 Å². The van der Waals surface area contributed by atoms with Crippen LogP contribution in [0.5, 0.6) is 0 Å². The first-order valence-electron chi connectivity index (χ1n) is 22.6. The Morgan fingerprint density at radius 1 is 0.277 bits per heavy atom. The molecular formula is C64H45N. The van der Waals surface area contributed by atoms with Crippen LogP contribution >= 0.6 is 0 Å². The molecule has 306 valence electrons. The van der Waals surface area contributed by atoms with Crippen LogP contribution in [0.1, 0.15) is 23.6 Å². The van der Waals surface area contributed by atoms with Gasteiger partial charge in [-0.05, 0) is 143 Å². The lowest BCUT2D eigenvalue weighted by Crippen LogP contribution is -2.22. The van der Waals surface area contributed by atoms with E-state index in [1.54, 1.807) is 0 Å². The fraction of sp³-hybridized carbons (Fsp3) is 0.0312. The summed E-state index contributed by atoms with van der Waals surface area (Å²) in [7, 11) is 0. The second-order valence-corrected chi connectivity index (χ2v) is 17.4. The molecule has 0 spiro atoms. The quantitative estimate of drug-likeness (QED) is 0.138. The molecule has 1 heteroatoms. The molecule has 0 radical (unpaired) electrons. The van der Waals surface area contributed by atoms with Crippen LogP contribution in [0.3, 0.4) is 0 Å². The average Bonchev–Trinajstić information content (AvgIpc) is 3.65. The lowest BCUT2D eigenvalue weighted by atomic mass is 9.74. The monoisotopic (exact) mass is 827 g/mol. The van der Waals surface area contributed by atoms with Gasteiger partial charge in [0.15, 0.2) is 0 Å². The highest BCUT2D eigenvalue weighted by Crippen LogP contribution is 2.54. The Labute approximate surface area is 381 Å². The maximum absolute atomic E-state index is 2.42. The molecule has 65 heavy (non-hydrogen) atoms. The van der Waals surface area contributed by atoms with E-state index < -0.39 is 0 Å². The normalized spacial score (nSPS) is 14.0. The number of hydrogen-bond donors (Lipinski definition) is 0. The molecule has 0 heterocycles. The topological polar surface area (TPSA) is 3.24 Å². The van der Waals surface area contributed by atoms with Crippen LogP contribution in [0.2, 0.25) is 0 Å². The van der Waals surface area contributed by atoms with E-state index in [1.807, 2.05) is 0 Å². The summed E-state index contributed by atoms with van der Waals surface area (Å²) < 4.78 is 0. The Morgan fingerprint density at radius 2 is 0.754 bits per heavy atom. The van der Waals surface area contributed by atoms with Crippen LogP contribution < -0.4 is 4.90 Å². The summed E-state index contributed by atoms with van der Waals surface area (Å²) in [6.07, 6.45) is 0. The van der Waals surface area contributed by atoms with E-state index in [0.717, 1.165) is 17.1 Å². The second-order valence-electron chi connectivity index (χ2n) is 17.4. The van der Waals surface area contributed by atoms with Crippen molar-refractivity contribution >= 4 is 38.6 Å². The molecule has 1 aliphatic carbocycles. The van der Waals surface area contributed by atoms with E-state index in [0.29, 0.717) is 0 Å². The van der Waals surface area contributed by atoms with Gasteiger partial charge in [0, 0.05) is 22.5 Å². The standard InChI is InChI=1S/C64H45N/c1-64(50-26-12-5-13-27-50)60-32-17-16-30-56(60)58-43-53(38-40-61(58)64)65(52-28-18-25-48(41-52)44-19-6-2-7-20-44)51-36-33-45(34-37-51)49-35-39-55-54-29-14-15-31-57(54)62(46-21-8-3-9-22-46)63(59(55)42-49)47-23-10-4-11-24-47/h2-43H,1H3. The Hall–Kier alpha value is -8.26. The zero-order valence-electron chi connectivity index (χ0n) is 36.2. The fourth-order valence-corrected chi connectivity index (χ4v) is 10.6. The SMILES string of the molecule is CC1(c2ccccc2)c2ccccc2-c2cc(N(c3ccc(-c4ccc5c(c4)c(-c4ccccc4)c(-c4ccccc4)c4ccccc45)cc3)c3cccc(-c4ccccc4)c3)ccc21. The minimum atomic E-state index is -0.264. The van der Waals surface area contributed by atoms with E-state index in [1.165, 1.54) is 93.9 Å². The fourth-order valence-electron chi connectivity index (χ4n) is 10.6. The molecule has 0 aliphatic heterocycles. The zero-order chi connectivity index (χ0) is 43.3. The highest BCUT2D eigenvalue weighted by Gasteiger charge is 2.41. The van der Waals surface area contributed by atoms with Crippen LogP contribution in [0, 0.1) is 0 Å². The molecule has 0 bridgehead atoms. The number of hydrogen-bond acceptors (Lipinski definition) is 1. The van der Waals surface area contributed by atoms with E-state index in [4.69, 9.17) is 0 Å². The van der Waals surface area contributed by atoms with Gasteiger partial charge in [0.1, 0.15) is 0 Å². The average molecular weight is 828 g/mol. The van der Waals surface area contributed by atoms with Crippen molar-refractivity contribution in [2.24, 2.45) is 0 Å². The van der Waals surface area contributed by atoms with Crippen molar-refractivity contribution in [3.63, 3.8) is 0 Å². The molecule has 1 aliphatic rings. The Balaban J connectivity index is 1.02. The van der Waals surface area contributed by atoms with Gasteiger partial charge in [0.2, 0.25) is 0 Å². The molecule has 0 N–H and O–H groups in total. The third-order valence-corrected chi connectivity index (χ3v) is 13.7. The van der Waals surface area contributed by atoms with Crippen molar-refractivity contribution in [3.05, 3.63) is 271 Å². The smallest absolute Gasteiger partial charge is 0.0468 e. The first-order chi connectivity index (χ1) is 32.1. The first-order valence-corrected chi connectivity index (χ1v) is 22.6. The summed E-state index contributed by atoms with van der Waals surface area (Å²) in [5, 5.41) is 5.02. The number of benzene rings is 11. The van der Waals surface area contributed by atoms with Crippen LogP contribution in [-0.4, -0.2) is 0 Å². The Morgan fingerprint density at radius 3 is 1.46 bits per heavy atom. The van der Waals surface area contributed by atoms with Gasteiger partial charge >= 0.3 is 0 Å². The van der Waals surface area contributed by atoms with Crippen molar-refractivity contribution in [3.8, 4) is 55.6 Å². The minimum Gasteiger partial charge on any atom is -0.310 e. The van der Waals surface area contributed by atoms with E-state index in [9.17, 15) is 0 Å². The summed E-state index contributed by atoms with van der Waals surface area (Å²) in [5.74, 6) is 0. The van der Waals surface area contributed by atoms with Crippen molar-refractivity contribution in [1.29, 1.82) is 0 Å². The van der Waals surface area contributed by atoms with Gasteiger partial charge in [0.05, 0.1) is 0 Å². The largest absolute Gasteiger partial charge is 0.310 e. The summed E-state index contributed by atoms with van der Waals surface area (Å²) in [6, 6.07) is 93.5. The third-order valence-electron chi connectivity index (χ3n) is 13.7. The molecular weight excluding hydrogens is 783 g/mol. The molecule has 11 aromatic rings. The van der Waals surface area contributed by atoms with Crippen molar-refractivity contribution < 1.29 is 0 Å². The van der Waals surface area contributed by atoms with Crippen molar-refractivity contribution in [1.82, 2.24) is 0 Å². The lowest BCUT2D eigenvalue weighted by Gasteiger charge is -2.30. The lowest BCUT2D eigenvalue weighted by molar-refractivity contribution is 0.714. The summed E-state index contributed by atoms with van der Waals surface area (Å²) in [6.45, 7) is 2.38. The van der Waals surface area contributed by atoms with Gasteiger partial charge in [-0.15, -0.1) is 0 Å². The predicted octanol–water partition coefficient (Wildman–Crippen LogP) is 17.5. The molecule has 1 nitrogen and oxygen atoms in total. The molecule has 12 rings (SSSR count). The summed E-state index contributed by atoms with van der Waals surface area (Å²) >= 11 is 0. The summed E-state index contributed by atoms with van der Waals surface area (Å²) in [5.41, 5.74) is 19.3.